The van der Waals surface area contributed by atoms with Crippen LogP contribution in [0, 0.1) is 13.8 Å². The first-order chi connectivity index (χ1) is 9.70. The second-order valence-corrected chi connectivity index (χ2v) is 4.48. The van der Waals surface area contributed by atoms with Crippen LogP contribution in [0.5, 0.6) is 0 Å². The summed E-state index contributed by atoms with van der Waals surface area (Å²) in [6, 6.07) is 4.60. The Morgan fingerprint density at radius 3 is 2.19 bits per heavy atom. The number of aryl methyl sites for hydroxylation is 2. The summed E-state index contributed by atoms with van der Waals surface area (Å²) < 4.78 is 38.1. The lowest BCUT2D eigenvalue weighted by atomic mass is 10.1. The van der Waals surface area contributed by atoms with E-state index in [2.05, 4.69) is 9.97 Å². The summed E-state index contributed by atoms with van der Waals surface area (Å²) in [5.41, 5.74) is -0.232. The summed E-state index contributed by atoms with van der Waals surface area (Å²) in [5.74, 6) is -1.10. The van der Waals surface area contributed by atoms with Crippen molar-refractivity contribution in [3.05, 3.63) is 46.8 Å². The molecule has 0 unspecified atom stereocenters. The molecule has 21 heavy (non-hydrogen) atoms. The minimum Gasteiger partial charge on any atom is -0.478 e. The molecular formula is C14H11F3N2O2. The number of carboxylic acid groups (broad SMARTS) is 1. The van der Waals surface area contributed by atoms with Crippen LogP contribution in [0.4, 0.5) is 13.2 Å². The molecule has 7 heteroatoms. The fourth-order valence-corrected chi connectivity index (χ4v) is 1.99. The smallest absolute Gasteiger partial charge is 0.416 e. The molecule has 1 N–H and O–H groups in total. The van der Waals surface area contributed by atoms with Gasteiger partial charge in [-0.15, -0.1) is 0 Å². The lowest BCUT2D eigenvalue weighted by Gasteiger charge is -2.10. The Balaban J connectivity index is 2.56. The fourth-order valence-electron chi connectivity index (χ4n) is 1.99. The second-order valence-electron chi connectivity index (χ2n) is 4.48. The first kappa shape index (κ1) is 15.0. The first-order valence-corrected chi connectivity index (χ1v) is 5.96. The Kier molecular flexibility index (Phi) is 3.67. The second kappa shape index (κ2) is 5.16. The van der Waals surface area contributed by atoms with E-state index in [-0.39, 0.29) is 28.3 Å². The molecule has 0 saturated heterocycles. The molecule has 2 aromatic rings. The third-order valence-corrected chi connectivity index (χ3v) is 2.93. The van der Waals surface area contributed by atoms with E-state index in [1.54, 1.807) is 0 Å². The molecule has 0 atom stereocenters. The van der Waals surface area contributed by atoms with E-state index in [0.29, 0.717) is 0 Å². The van der Waals surface area contributed by atoms with Gasteiger partial charge < -0.3 is 5.11 Å². The van der Waals surface area contributed by atoms with Gasteiger partial charge in [-0.1, -0.05) is 12.1 Å². The maximum atomic E-state index is 12.7. The fraction of sp³-hybridized carbons (Fsp3) is 0.214. The third-order valence-electron chi connectivity index (χ3n) is 2.93. The van der Waals surface area contributed by atoms with Gasteiger partial charge in [-0.05, 0) is 26.0 Å². The highest BCUT2D eigenvalue weighted by Gasteiger charge is 2.30. The van der Waals surface area contributed by atoms with E-state index >= 15 is 0 Å². The highest BCUT2D eigenvalue weighted by Crippen LogP contribution is 2.31. The number of aromatic carboxylic acids is 1. The van der Waals surface area contributed by atoms with Gasteiger partial charge in [0.15, 0.2) is 5.82 Å². The highest BCUT2D eigenvalue weighted by molar-refractivity contribution is 5.90. The number of carbonyl (C=O) groups is 1. The summed E-state index contributed by atoms with van der Waals surface area (Å²) in [6.45, 7) is 2.96. The Hall–Kier alpha value is -2.44. The topological polar surface area (TPSA) is 63.1 Å². The molecule has 4 nitrogen and oxygen atoms in total. The van der Waals surface area contributed by atoms with Gasteiger partial charge >= 0.3 is 12.1 Å². The molecule has 1 aromatic heterocycles. The summed E-state index contributed by atoms with van der Waals surface area (Å²) in [7, 11) is 0. The van der Waals surface area contributed by atoms with E-state index in [1.165, 1.54) is 26.0 Å². The monoisotopic (exact) mass is 296 g/mol. The lowest BCUT2D eigenvalue weighted by Crippen LogP contribution is -2.09. The van der Waals surface area contributed by atoms with Crippen molar-refractivity contribution in [3.63, 3.8) is 0 Å². The number of carboxylic acids is 1. The summed E-state index contributed by atoms with van der Waals surface area (Å²) >= 11 is 0. The molecule has 110 valence electrons. The van der Waals surface area contributed by atoms with Gasteiger partial charge in [0.25, 0.3) is 0 Å². The zero-order valence-electron chi connectivity index (χ0n) is 11.2. The largest absolute Gasteiger partial charge is 0.478 e. The van der Waals surface area contributed by atoms with Gasteiger partial charge in [-0.3, -0.25) is 0 Å². The van der Waals surface area contributed by atoms with E-state index in [9.17, 15) is 18.0 Å². The average molecular weight is 296 g/mol. The van der Waals surface area contributed by atoms with Crippen molar-refractivity contribution < 1.29 is 23.1 Å². The third kappa shape index (κ3) is 3.01. The molecule has 0 aliphatic heterocycles. The van der Waals surface area contributed by atoms with E-state index in [4.69, 9.17) is 5.11 Å². The van der Waals surface area contributed by atoms with Gasteiger partial charge in [0.05, 0.1) is 17.0 Å². The number of alkyl halides is 3. The standard InChI is InChI=1S/C14H11F3N2O2/c1-7-11(13(20)21)8(2)19-12(18-7)9-4-3-5-10(6-9)14(15,16)17/h3-6H,1-2H3,(H,20,21). The number of rotatable bonds is 2. The van der Waals surface area contributed by atoms with Gasteiger partial charge in [0.2, 0.25) is 0 Å². The Morgan fingerprint density at radius 1 is 1.14 bits per heavy atom. The molecule has 0 saturated carbocycles. The van der Waals surface area contributed by atoms with Crippen molar-refractivity contribution >= 4 is 5.97 Å². The minimum absolute atomic E-state index is 0.0364. The van der Waals surface area contributed by atoms with E-state index in [0.717, 1.165) is 12.1 Å². The molecule has 0 amide bonds. The molecule has 0 spiro atoms. The van der Waals surface area contributed by atoms with E-state index < -0.39 is 17.7 Å². The number of benzene rings is 1. The van der Waals surface area contributed by atoms with Crippen LogP contribution in [0.15, 0.2) is 24.3 Å². The average Bonchev–Trinajstić information content (AvgIpc) is 2.36. The minimum atomic E-state index is -4.46. The molecule has 0 aliphatic rings. The summed E-state index contributed by atoms with van der Waals surface area (Å²) in [5, 5.41) is 9.03. The molecule has 1 heterocycles. The molecule has 0 radical (unpaired) electrons. The maximum Gasteiger partial charge on any atom is 0.416 e. The van der Waals surface area contributed by atoms with Crippen LogP contribution in [0.3, 0.4) is 0 Å². The number of hydrogen-bond acceptors (Lipinski definition) is 3. The lowest BCUT2D eigenvalue weighted by molar-refractivity contribution is -0.137. The Labute approximate surface area is 118 Å². The number of hydrogen-bond donors (Lipinski definition) is 1. The van der Waals surface area contributed by atoms with Gasteiger partial charge in [-0.2, -0.15) is 13.2 Å². The predicted molar refractivity (Wildman–Crippen MR) is 68.9 cm³/mol. The van der Waals surface area contributed by atoms with Gasteiger partial charge in [-0.25, -0.2) is 14.8 Å². The SMILES string of the molecule is Cc1nc(-c2cccc(C(F)(F)F)c2)nc(C)c1C(=O)O. The zero-order valence-corrected chi connectivity index (χ0v) is 11.2. The quantitative estimate of drug-likeness (QED) is 0.921. The van der Waals surface area contributed by atoms with Crippen molar-refractivity contribution in [3.8, 4) is 11.4 Å². The van der Waals surface area contributed by atoms with Crippen LogP contribution >= 0.6 is 0 Å². The Bertz CT molecular complexity index is 689. The zero-order chi connectivity index (χ0) is 15.8. The maximum absolute atomic E-state index is 12.7. The van der Waals surface area contributed by atoms with Gasteiger partial charge in [0.1, 0.15) is 5.56 Å². The van der Waals surface area contributed by atoms with Crippen LogP contribution < -0.4 is 0 Å². The van der Waals surface area contributed by atoms with Crippen LogP contribution in [0.25, 0.3) is 11.4 Å². The molecule has 2 rings (SSSR count). The van der Waals surface area contributed by atoms with Crippen molar-refractivity contribution in [1.82, 2.24) is 9.97 Å². The summed E-state index contributed by atoms with van der Waals surface area (Å²) in [4.78, 5) is 19.0. The predicted octanol–water partition coefficient (Wildman–Crippen LogP) is 3.48. The number of aromatic nitrogens is 2. The van der Waals surface area contributed by atoms with Crippen LogP contribution in [0.1, 0.15) is 27.3 Å². The van der Waals surface area contributed by atoms with Crippen LogP contribution in [-0.4, -0.2) is 21.0 Å². The van der Waals surface area contributed by atoms with Crippen molar-refractivity contribution in [2.75, 3.05) is 0 Å². The van der Waals surface area contributed by atoms with Crippen molar-refractivity contribution in [2.45, 2.75) is 20.0 Å². The molecular weight excluding hydrogens is 285 g/mol. The van der Waals surface area contributed by atoms with E-state index in [1.807, 2.05) is 0 Å². The van der Waals surface area contributed by atoms with Crippen LogP contribution in [-0.2, 0) is 6.18 Å². The van der Waals surface area contributed by atoms with Crippen molar-refractivity contribution in [2.24, 2.45) is 0 Å². The van der Waals surface area contributed by atoms with Gasteiger partial charge in [0, 0.05) is 5.56 Å². The molecule has 0 fully saturated rings. The summed E-state index contributed by atoms with van der Waals surface area (Å²) in [6.07, 6.45) is -4.46. The van der Waals surface area contributed by atoms with Crippen molar-refractivity contribution in [1.29, 1.82) is 0 Å². The Morgan fingerprint density at radius 2 is 1.71 bits per heavy atom. The molecule has 0 aliphatic carbocycles. The number of nitrogens with zero attached hydrogens (tertiary/aromatic N) is 2. The highest BCUT2D eigenvalue weighted by atomic mass is 19.4. The normalized spacial score (nSPS) is 11.5. The number of halogens is 3. The van der Waals surface area contributed by atoms with Crippen LogP contribution in [0.2, 0.25) is 0 Å². The molecule has 0 bridgehead atoms. The first-order valence-electron chi connectivity index (χ1n) is 5.96. The molecule has 1 aromatic carbocycles.